The molecule has 1 aromatic carbocycles. The minimum absolute atomic E-state index is 0.0286. The SMILES string of the molecule is CSCCOc1cc(F)cc(CC(C)N)c1. The van der Waals surface area contributed by atoms with Crippen LogP contribution in [-0.4, -0.2) is 24.7 Å². The van der Waals surface area contributed by atoms with Crippen molar-refractivity contribution in [2.45, 2.75) is 19.4 Å². The van der Waals surface area contributed by atoms with Crippen molar-refractivity contribution in [3.8, 4) is 5.75 Å². The van der Waals surface area contributed by atoms with Crippen molar-refractivity contribution in [2.75, 3.05) is 18.6 Å². The molecule has 0 aliphatic rings. The van der Waals surface area contributed by atoms with Crippen LogP contribution in [0.4, 0.5) is 4.39 Å². The average molecular weight is 243 g/mol. The van der Waals surface area contributed by atoms with Crippen molar-refractivity contribution in [3.05, 3.63) is 29.6 Å². The Labute approximate surface area is 100 Å². The van der Waals surface area contributed by atoms with Crippen LogP contribution in [0.1, 0.15) is 12.5 Å². The first-order chi connectivity index (χ1) is 7.61. The lowest BCUT2D eigenvalue weighted by Gasteiger charge is -2.09. The second-order valence-corrected chi connectivity index (χ2v) is 4.80. The Balaban J connectivity index is 2.65. The maximum absolute atomic E-state index is 13.3. The molecule has 90 valence electrons. The van der Waals surface area contributed by atoms with E-state index >= 15 is 0 Å². The van der Waals surface area contributed by atoms with Crippen molar-refractivity contribution in [1.82, 2.24) is 0 Å². The lowest BCUT2D eigenvalue weighted by Crippen LogP contribution is -2.17. The van der Waals surface area contributed by atoms with Gasteiger partial charge in [-0.1, -0.05) is 0 Å². The molecule has 0 amide bonds. The lowest BCUT2D eigenvalue weighted by atomic mass is 10.1. The summed E-state index contributed by atoms with van der Waals surface area (Å²) in [6.45, 7) is 2.50. The van der Waals surface area contributed by atoms with Gasteiger partial charge in [-0.2, -0.15) is 11.8 Å². The molecular formula is C12H18FNOS. The summed E-state index contributed by atoms with van der Waals surface area (Å²) in [6, 6.07) is 4.79. The highest BCUT2D eigenvalue weighted by Gasteiger charge is 2.04. The van der Waals surface area contributed by atoms with Gasteiger partial charge in [0.2, 0.25) is 0 Å². The van der Waals surface area contributed by atoms with Gasteiger partial charge in [-0.25, -0.2) is 4.39 Å². The molecule has 2 N–H and O–H groups in total. The predicted octanol–water partition coefficient (Wildman–Crippen LogP) is 2.46. The summed E-state index contributed by atoms with van der Waals surface area (Å²) in [5, 5.41) is 0. The number of thioether (sulfide) groups is 1. The highest BCUT2D eigenvalue weighted by molar-refractivity contribution is 7.98. The van der Waals surface area contributed by atoms with Crippen LogP contribution < -0.4 is 10.5 Å². The number of rotatable bonds is 6. The van der Waals surface area contributed by atoms with Crippen molar-refractivity contribution < 1.29 is 9.13 Å². The normalized spacial score (nSPS) is 12.5. The van der Waals surface area contributed by atoms with E-state index in [2.05, 4.69) is 0 Å². The molecule has 0 aromatic heterocycles. The molecule has 16 heavy (non-hydrogen) atoms. The Bertz CT molecular complexity index is 331. The number of halogens is 1. The van der Waals surface area contributed by atoms with E-state index in [-0.39, 0.29) is 11.9 Å². The Kier molecular flexibility index (Phi) is 5.63. The Morgan fingerprint density at radius 3 is 2.81 bits per heavy atom. The maximum Gasteiger partial charge on any atom is 0.127 e. The predicted molar refractivity (Wildman–Crippen MR) is 67.6 cm³/mol. The number of hydrogen-bond acceptors (Lipinski definition) is 3. The number of ether oxygens (including phenoxy) is 1. The summed E-state index contributed by atoms with van der Waals surface area (Å²) in [5.41, 5.74) is 6.56. The van der Waals surface area contributed by atoms with Gasteiger partial charge in [0.15, 0.2) is 0 Å². The monoisotopic (exact) mass is 243 g/mol. The Morgan fingerprint density at radius 1 is 1.44 bits per heavy atom. The van der Waals surface area contributed by atoms with Crippen LogP contribution in [0.15, 0.2) is 18.2 Å². The first-order valence-electron chi connectivity index (χ1n) is 5.28. The van der Waals surface area contributed by atoms with E-state index < -0.39 is 0 Å². The van der Waals surface area contributed by atoms with Gasteiger partial charge < -0.3 is 10.5 Å². The minimum Gasteiger partial charge on any atom is -0.493 e. The molecule has 0 saturated heterocycles. The van der Waals surface area contributed by atoms with Crippen LogP contribution in [0.2, 0.25) is 0 Å². The molecule has 2 nitrogen and oxygen atoms in total. The van der Waals surface area contributed by atoms with E-state index in [0.29, 0.717) is 18.8 Å². The van der Waals surface area contributed by atoms with Gasteiger partial charge in [0.1, 0.15) is 11.6 Å². The molecule has 0 aliphatic carbocycles. The van der Waals surface area contributed by atoms with Gasteiger partial charge >= 0.3 is 0 Å². The van der Waals surface area contributed by atoms with Crippen LogP contribution in [-0.2, 0) is 6.42 Å². The highest BCUT2D eigenvalue weighted by Crippen LogP contribution is 2.17. The third-order valence-electron chi connectivity index (χ3n) is 2.04. The molecule has 0 heterocycles. The smallest absolute Gasteiger partial charge is 0.127 e. The molecule has 1 rings (SSSR count). The zero-order chi connectivity index (χ0) is 12.0. The van der Waals surface area contributed by atoms with E-state index in [1.54, 1.807) is 11.8 Å². The number of nitrogens with two attached hydrogens (primary N) is 1. The molecule has 0 radical (unpaired) electrons. The summed E-state index contributed by atoms with van der Waals surface area (Å²) in [5.74, 6) is 1.22. The molecule has 0 fully saturated rings. The van der Waals surface area contributed by atoms with E-state index in [1.807, 2.05) is 19.2 Å². The lowest BCUT2D eigenvalue weighted by molar-refractivity contribution is 0.341. The van der Waals surface area contributed by atoms with Gasteiger partial charge in [0, 0.05) is 17.9 Å². The van der Waals surface area contributed by atoms with Gasteiger partial charge in [-0.05, 0) is 37.3 Å². The first-order valence-corrected chi connectivity index (χ1v) is 6.68. The third kappa shape index (κ3) is 4.86. The summed E-state index contributed by atoms with van der Waals surface area (Å²) in [6.07, 6.45) is 2.67. The fourth-order valence-corrected chi connectivity index (χ4v) is 1.69. The van der Waals surface area contributed by atoms with Gasteiger partial charge in [0.25, 0.3) is 0 Å². The fraction of sp³-hybridized carbons (Fsp3) is 0.500. The third-order valence-corrected chi connectivity index (χ3v) is 2.62. The topological polar surface area (TPSA) is 35.2 Å². The van der Waals surface area contributed by atoms with Crippen LogP contribution in [0.3, 0.4) is 0 Å². The molecule has 1 aromatic rings. The average Bonchev–Trinajstić information content (AvgIpc) is 2.16. The summed E-state index contributed by atoms with van der Waals surface area (Å²) >= 11 is 1.70. The molecule has 1 atom stereocenters. The number of benzene rings is 1. The van der Waals surface area contributed by atoms with Crippen molar-refractivity contribution in [3.63, 3.8) is 0 Å². The first kappa shape index (κ1) is 13.3. The van der Waals surface area contributed by atoms with Crippen LogP contribution >= 0.6 is 11.8 Å². The van der Waals surface area contributed by atoms with E-state index in [0.717, 1.165) is 11.3 Å². The van der Waals surface area contributed by atoms with Crippen molar-refractivity contribution in [1.29, 1.82) is 0 Å². The molecule has 0 bridgehead atoms. The van der Waals surface area contributed by atoms with Gasteiger partial charge in [0.05, 0.1) is 6.61 Å². The van der Waals surface area contributed by atoms with Crippen molar-refractivity contribution in [2.24, 2.45) is 5.73 Å². The largest absolute Gasteiger partial charge is 0.493 e. The molecule has 0 aliphatic heterocycles. The van der Waals surface area contributed by atoms with E-state index in [4.69, 9.17) is 10.5 Å². The summed E-state index contributed by atoms with van der Waals surface area (Å²) < 4.78 is 18.7. The Hall–Kier alpha value is -0.740. The quantitative estimate of drug-likeness (QED) is 0.780. The van der Waals surface area contributed by atoms with Gasteiger partial charge in [-0.3, -0.25) is 0 Å². The molecule has 0 saturated carbocycles. The Morgan fingerprint density at radius 2 is 2.19 bits per heavy atom. The van der Waals surface area contributed by atoms with Crippen molar-refractivity contribution >= 4 is 11.8 Å². The standard InChI is InChI=1S/C12H18FNOS/c1-9(14)5-10-6-11(13)8-12(7-10)15-3-4-16-2/h6-9H,3-5,14H2,1-2H3. The molecule has 1 unspecified atom stereocenters. The second-order valence-electron chi connectivity index (χ2n) is 3.82. The van der Waals surface area contributed by atoms with Crippen LogP contribution in [0, 0.1) is 5.82 Å². The molecular weight excluding hydrogens is 225 g/mol. The fourth-order valence-electron chi connectivity index (χ4n) is 1.44. The second kappa shape index (κ2) is 6.76. The molecule has 4 heteroatoms. The van der Waals surface area contributed by atoms with Crippen LogP contribution in [0.5, 0.6) is 5.75 Å². The zero-order valence-corrected chi connectivity index (χ0v) is 10.5. The zero-order valence-electron chi connectivity index (χ0n) is 9.70. The highest BCUT2D eigenvalue weighted by atomic mass is 32.2. The maximum atomic E-state index is 13.3. The minimum atomic E-state index is -0.266. The van der Waals surface area contributed by atoms with Gasteiger partial charge in [-0.15, -0.1) is 0 Å². The van der Waals surface area contributed by atoms with Crippen LogP contribution in [0.25, 0.3) is 0 Å². The van der Waals surface area contributed by atoms with E-state index in [1.165, 1.54) is 12.1 Å². The summed E-state index contributed by atoms with van der Waals surface area (Å²) in [7, 11) is 0. The van der Waals surface area contributed by atoms with E-state index in [9.17, 15) is 4.39 Å². The number of hydrogen-bond donors (Lipinski definition) is 1. The molecule has 0 spiro atoms. The summed E-state index contributed by atoms with van der Waals surface area (Å²) in [4.78, 5) is 0.